The van der Waals surface area contributed by atoms with Crippen molar-refractivity contribution >= 4 is 5.78 Å². The first-order chi connectivity index (χ1) is 13.4. The van der Waals surface area contributed by atoms with Crippen LogP contribution in [-0.2, 0) is 0 Å². The van der Waals surface area contributed by atoms with E-state index in [9.17, 15) is 9.90 Å². The number of hydrogen-bond donors (Lipinski definition) is 1. The molecule has 28 heavy (non-hydrogen) atoms. The number of ketones is 1. The number of aliphatic hydroxyl groups excluding tert-OH is 1. The quantitative estimate of drug-likeness (QED) is 0.723. The lowest BCUT2D eigenvalue weighted by Crippen LogP contribution is -2.38. The minimum Gasteiger partial charge on any atom is -0.393 e. The second-order valence-corrected chi connectivity index (χ2v) is 8.24. The highest BCUT2D eigenvalue weighted by Gasteiger charge is 2.24. The molecule has 0 amide bonds. The Morgan fingerprint density at radius 3 is 2.43 bits per heavy atom. The second-order valence-electron chi connectivity index (χ2n) is 8.24. The van der Waals surface area contributed by atoms with Crippen LogP contribution < -0.4 is 0 Å². The van der Waals surface area contributed by atoms with Crippen LogP contribution >= 0.6 is 0 Å². The summed E-state index contributed by atoms with van der Waals surface area (Å²) in [6.45, 7) is 8.72. The van der Waals surface area contributed by atoms with Gasteiger partial charge in [-0.1, -0.05) is 36.2 Å². The van der Waals surface area contributed by atoms with E-state index in [0.29, 0.717) is 12.0 Å². The van der Waals surface area contributed by atoms with Gasteiger partial charge in [-0.25, -0.2) is 0 Å². The molecule has 1 N–H and O–H groups in total. The van der Waals surface area contributed by atoms with Gasteiger partial charge in [-0.05, 0) is 58.8 Å². The third kappa shape index (κ3) is 5.49. The fourth-order valence-electron chi connectivity index (χ4n) is 3.92. The van der Waals surface area contributed by atoms with Gasteiger partial charge < -0.3 is 10.0 Å². The zero-order valence-electron chi connectivity index (χ0n) is 17.3. The Morgan fingerprint density at radius 2 is 1.79 bits per heavy atom. The largest absolute Gasteiger partial charge is 0.393 e. The van der Waals surface area contributed by atoms with Crippen molar-refractivity contribution in [3.8, 4) is 11.3 Å². The number of aromatic nitrogens is 1. The molecule has 150 valence electrons. The Balaban J connectivity index is 1.75. The van der Waals surface area contributed by atoms with Crippen LogP contribution in [0.3, 0.4) is 0 Å². The molecule has 0 spiro atoms. The molecule has 4 nitrogen and oxygen atoms in total. The Morgan fingerprint density at radius 1 is 1.11 bits per heavy atom. The molecule has 2 heterocycles. The summed E-state index contributed by atoms with van der Waals surface area (Å²) in [5.74, 6) is 0.0451. The number of aliphatic hydroxyl groups is 1. The van der Waals surface area contributed by atoms with Crippen LogP contribution in [0.25, 0.3) is 11.3 Å². The maximum Gasteiger partial charge on any atom is 0.163 e. The van der Waals surface area contributed by atoms with E-state index in [1.807, 2.05) is 31.2 Å². The number of hydrogen-bond acceptors (Lipinski definition) is 4. The van der Waals surface area contributed by atoms with E-state index in [2.05, 4.69) is 28.9 Å². The summed E-state index contributed by atoms with van der Waals surface area (Å²) in [6, 6.07) is 12.0. The molecular weight excluding hydrogens is 348 g/mol. The molecule has 1 aromatic heterocycles. The Bertz CT molecular complexity index is 793. The van der Waals surface area contributed by atoms with Crippen molar-refractivity contribution in [3.05, 3.63) is 53.2 Å². The highest BCUT2D eigenvalue weighted by Crippen LogP contribution is 2.23. The number of aryl methyl sites for hydroxylation is 2. The van der Waals surface area contributed by atoms with Gasteiger partial charge in [0, 0.05) is 35.7 Å². The zero-order chi connectivity index (χ0) is 20.1. The van der Waals surface area contributed by atoms with Crippen LogP contribution in [0.4, 0.5) is 0 Å². The van der Waals surface area contributed by atoms with Crippen molar-refractivity contribution < 1.29 is 9.90 Å². The number of pyridine rings is 1. The molecular formula is C24H32N2O2. The molecule has 0 bridgehead atoms. The average Bonchev–Trinajstić information content (AvgIpc) is 2.68. The number of nitrogens with zero attached hydrogens (tertiary/aromatic N) is 2. The van der Waals surface area contributed by atoms with Crippen LogP contribution in [0.1, 0.15) is 54.2 Å². The first-order valence-electron chi connectivity index (χ1n) is 10.4. The molecule has 0 aliphatic carbocycles. The smallest absolute Gasteiger partial charge is 0.163 e. The van der Waals surface area contributed by atoms with Crippen LogP contribution in [0.15, 0.2) is 36.4 Å². The van der Waals surface area contributed by atoms with Crippen molar-refractivity contribution in [1.82, 2.24) is 9.88 Å². The minimum absolute atomic E-state index is 0.0399. The summed E-state index contributed by atoms with van der Waals surface area (Å²) in [5.41, 5.74) is 4.57. The average molecular weight is 381 g/mol. The topological polar surface area (TPSA) is 53.4 Å². The lowest BCUT2D eigenvalue weighted by Gasteiger charge is -2.31. The molecule has 2 aromatic rings. The van der Waals surface area contributed by atoms with Gasteiger partial charge in [0.05, 0.1) is 11.8 Å². The molecule has 2 atom stereocenters. The standard InChI is InChI=1S/C24H32N2O2/c1-17-7-9-20(10-8-17)23-14-21(13-18(2)25-23)24(28)15-22(19(3)27)16-26-11-5-4-6-12-26/h7-10,13-14,19,22,27H,4-6,11-12,15-16H2,1-3H3/t19?,22-/m1/s1. The molecule has 1 fully saturated rings. The number of carbonyl (C=O) groups excluding carboxylic acids is 1. The Hall–Kier alpha value is -2.04. The van der Waals surface area contributed by atoms with E-state index >= 15 is 0 Å². The maximum absolute atomic E-state index is 13.0. The minimum atomic E-state index is -0.495. The summed E-state index contributed by atoms with van der Waals surface area (Å²) in [7, 11) is 0. The normalized spacial score (nSPS) is 17.3. The van der Waals surface area contributed by atoms with Crippen LogP contribution in [0.5, 0.6) is 0 Å². The van der Waals surface area contributed by atoms with Gasteiger partial charge in [0.25, 0.3) is 0 Å². The Kier molecular flexibility index (Phi) is 6.97. The lowest BCUT2D eigenvalue weighted by atomic mass is 9.92. The summed E-state index contributed by atoms with van der Waals surface area (Å²) in [6.07, 6.45) is 3.58. The number of piperidine rings is 1. The number of carbonyl (C=O) groups is 1. The molecule has 0 radical (unpaired) electrons. The monoisotopic (exact) mass is 380 g/mol. The first kappa shape index (κ1) is 20.7. The molecule has 1 aliphatic heterocycles. The maximum atomic E-state index is 13.0. The van der Waals surface area contributed by atoms with Crippen LogP contribution in [0.2, 0.25) is 0 Å². The van der Waals surface area contributed by atoms with E-state index < -0.39 is 6.10 Å². The molecule has 1 aromatic carbocycles. The summed E-state index contributed by atoms with van der Waals surface area (Å²) >= 11 is 0. The molecule has 1 saturated heterocycles. The van der Waals surface area contributed by atoms with Crippen molar-refractivity contribution in [2.45, 2.75) is 52.6 Å². The van der Waals surface area contributed by atoms with Gasteiger partial charge in [0.15, 0.2) is 5.78 Å². The number of Topliss-reactive ketones (excluding diaryl/α,β-unsaturated/α-hetero) is 1. The van der Waals surface area contributed by atoms with Gasteiger partial charge in [-0.3, -0.25) is 9.78 Å². The summed E-state index contributed by atoms with van der Waals surface area (Å²) in [5, 5.41) is 10.3. The predicted octanol–water partition coefficient (Wildman–Crippen LogP) is 4.42. The SMILES string of the molecule is Cc1ccc(-c2cc(C(=O)C[C@H](CN3CCCCC3)C(C)O)cc(C)n2)cc1. The highest BCUT2D eigenvalue weighted by molar-refractivity contribution is 5.97. The van der Waals surface area contributed by atoms with Gasteiger partial charge in [-0.2, -0.15) is 0 Å². The number of benzene rings is 1. The van der Waals surface area contributed by atoms with Crippen LogP contribution in [0, 0.1) is 19.8 Å². The lowest BCUT2D eigenvalue weighted by molar-refractivity contribution is 0.0687. The number of rotatable bonds is 7. The van der Waals surface area contributed by atoms with Crippen molar-refractivity contribution in [2.75, 3.05) is 19.6 Å². The van der Waals surface area contributed by atoms with E-state index in [4.69, 9.17) is 0 Å². The molecule has 0 saturated carbocycles. The van der Waals surface area contributed by atoms with E-state index in [1.165, 1.54) is 24.8 Å². The van der Waals surface area contributed by atoms with E-state index in [0.717, 1.165) is 36.6 Å². The third-order valence-electron chi connectivity index (χ3n) is 5.69. The second kappa shape index (κ2) is 9.44. The van der Waals surface area contributed by atoms with E-state index in [-0.39, 0.29) is 11.7 Å². The Labute approximate surface area is 168 Å². The number of likely N-dealkylation sites (tertiary alicyclic amines) is 1. The van der Waals surface area contributed by atoms with Crippen LogP contribution in [-0.4, -0.2) is 46.5 Å². The van der Waals surface area contributed by atoms with E-state index in [1.54, 1.807) is 6.92 Å². The van der Waals surface area contributed by atoms with Gasteiger partial charge in [0.2, 0.25) is 0 Å². The van der Waals surface area contributed by atoms with Gasteiger partial charge in [-0.15, -0.1) is 0 Å². The summed E-state index contributed by atoms with van der Waals surface area (Å²) < 4.78 is 0. The zero-order valence-corrected chi connectivity index (χ0v) is 17.3. The third-order valence-corrected chi connectivity index (χ3v) is 5.69. The van der Waals surface area contributed by atoms with Crippen molar-refractivity contribution in [2.24, 2.45) is 5.92 Å². The molecule has 1 aliphatic rings. The fourth-order valence-corrected chi connectivity index (χ4v) is 3.92. The van der Waals surface area contributed by atoms with Gasteiger partial charge >= 0.3 is 0 Å². The molecule has 3 rings (SSSR count). The van der Waals surface area contributed by atoms with Crippen molar-refractivity contribution in [1.29, 1.82) is 0 Å². The fraction of sp³-hybridized carbons (Fsp3) is 0.500. The predicted molar refractivity (Wildman–Crippen MR) is 114 cm³/mol. The van der Waals surface area contributed by atoms with Crippen molar-refractivity contribution in [3.63, 3.8) is 0 Å². The summed E-state index contributed by atoms with van der Waals surface area (Å²) in [4.78, 5) is 20.0. The highest BCUT2D eigenvalue weighted by atomic mass is 16.3. The molecule has 1 unspecified atom stereocenters. The van der Waals surface area contributed by atoms with Gasteiger partial charge in [0.1, 0.15) is 0 Å². The first-order valence-corrected chi connectivity index (χ1v) is 10.4. The molecule has 4 heteroatoms.